The van der Waals surface area contributed by atoms with E-state index in [1.165, 1.54) is 4.57 Å². The molecule has 8 nitrogen and oxygen atoms in total. The van der Waals surface area contributed by atoms with Gasteiger partial charge < -0.3 is 0 Å². The van der Waals surface area contributed by atoms with Crippen LogP contribution in [0.4, 0.5) is 0 Å². The molecule has 0 unspecified atom stereocenters. The van der Waals surface area contributed by atoms with E-state index in [4.69, 9.17) is 0 Å². The minimum Gasteiger partial charge on any atom is -0.288 e. The number of allylic oxidation sites excluding steroid dienone is 1. The minimum absolute atomic E-state index is 0.214. The number of hydrogen-bond donors (Lipinski definition) is 1. The summed E-state index contributed by atoms with van der Waals surface area (Å²) < 4.78 is 2.83. The SMILES string of the molecule is CC/C=C/c1cn(C(=O)CC)c(=O)n1Cc1ccc(-c2ccccc2-c2nnn[nH]2)cc1. The van der Waals surface area contributed by atoms with Crippen LogP contribution in [0, 0.1) is 0 Å². The molecule has 0 saturated heterocycles. The average molecular weight is 428 g/mol. The minimum atomic E-state index is -0.320. The summed E-state index contributed by atoms with van der Waals surface area (Å²) in [7, 11) is 0. The van der Waals surface area contributed by atoms with Crippen LogP contribution in [-0.2, 0) is 6.54 Å². The summed E-state index contributed by atoms with van der Waals surface area (Å²) in [6.07, 6.45) is 6.60. The first-order chi connectivity index (χ1) is 15.6. The molecule has 0 amide bonds. The van der Waals surface area contributed by atoms with E-state index >= 15 is 0 Å². The van der Waals surface area contributed by atoms with Crippen molar-refractivity contribution < 1.29 is 4.79 Å². The maximum atomic E-state index is 12.9. The molecule has 0 bridgehead atoms. The van der Waals surface area contributed by atoms with Gasteiger partial charge in [0, 0.05) is 18.2 Å². The quantitative estimate of drug-likeness (QED) is 0.479. The first-order valence-electron chi connectivity index (χ1n) is 10.6. The Bertz CT molecular complexity index is 1300. The van der Waals surface area contributed by atoms with E-state index in [-0.39, 0.29) is 18.0 Å². The van der Waals surface area contributed by atoms with Crippen LogP contribution in [0.25, 0.3) is 28.6 Å². The van der Waals surface area contributed by atoms with Crippen LogP contribution < -0.4 is 5.69 Å². The topological polar surface area (TPSA) is 98.5 Å². The van der Waals surface area contributed by atoms with Crippen molar-refractivity contribution in [2.24, 2.45) is 0 Å². The lowest BCUT2D eigenvalue weighted by Crippen LogP contribution is -2.28. The Labute approximate surface area is 185 Å². The summed E-state index contributed by atoms with van der Waals surface area (Å²) in [6, 6.07) is 15.9. The lowest BCUT2D eigenvalue weighted by molar-refractivity contribution is 0.0904. The highest BCUT2D eigenvalue weighted by Gasteiger charge is 2.15. The standard InChI is InChI=1S/C24H24N6O2/c1-3-5-8-19-16-30(22(31)4-2)24(32)29(19)15-17-11-13-18(14-12-17)20-9-6-7-10-21(20)23-25-27-28-26-23/h5-14,16H,3-4,15H2,1-2H3,(H,25,26,27,28)/b8-5+. The highest BCUT2D eigenvalue weighted by atomic mass is 16.2. The third kappa shape index (κ3) is 4.20. The zero-order valence-corrected chi connectivity index (χ0v) is 18.0. The molecule has 0 aliphatic heterocycles. The average Bonchev–Trinajstić information content (AvgIpc) is 3.47. The van der Waals surface area contributed by atoms with Crippen molar-refractivity contribution in [3.63, 3.8) is 0 Å². The molecule has 4 rings (SSSR count). The molecule has 0 atom stereocenters. The molecule has 0 fully saturated rings. The summed E-state index contributed by atoms with van der Waals surface area (Å²) >= 11 is 0. The van der Waals surface area contributed by atoms with Gasteiger partial charge in [-0.25, -0.2) is 14.5 Å². The van der Waals surface area contributed by atoms with Gasteiger partial charge in [-0.2, -0.15) is 0 Å². The molecule has 2 heterocycles. The predicted octanol–water partition coefficient (Wildman–Crippen LogP) is 4.02. The van der Waals surface area contributed by atoms with Gasteiger partial charge in [0.1, 0.15) is 0 Å². The number of rotatable bonds is 7. The van der Waals surface area contributed by atoms with E-state index in [0.717, 1.165) is 28.7 Å². The van der Waals surface area contributed by atoms with E-state index in [9.17, 15) is 9.59 Å². The number of aromatic nitrogens is 6. The number of H-pyrrole nitrogens is 1. The Morgan fingerprint density at radius 2 is 1.81 bits per heavy atom. The Balaban J connectivity index is 1.66. The van der Waals surface area contributed by atoms with Gasteiger partial charge in [-0.05, 0) is 39.6 Å². The predicted molar refractivity (Wildman–Crippen MR) is 123 cm³/mol. The highest BCUT2D eigenvalue weighted by Crippen LogP contribution is 2.29. The van der Waals surface area contributed by atoms with Crippen LogP contribution in [0.1, 0.15) is 42.7 Å². The second kappa shape index (κ2) is 9.38. The molecule has 162 valence electrons. The number of tetrazole rings is 1. The molecule has 0 radical (unpaired) electrons. The molecular weight excluding hydrogens is 404 g/mol. The van der Waals surface area contributed by atoms with Crippen molar-refractivity contribution >= 4 is 12.0 Å². The zero-order valence-electron chi connectivity index (χ0n) is 18.0. The molecule has 1 N–H and O–H groups in total. The maximum absolute atomic E-state index is 12.9. The third-order valence-electron chi connectivity index (χ3n) is 5.24. The van der Waals surface area contributed by atoms with Crippen LogP contribution in [0.15, 0.2) is 65.6 Å². The number of nitrogens with one attached hydrogen (secondary N) is 1. The maximum Gasteiger partial charge on any atom is 0.335 e. The van der Waals surface area contributed by atoms with Crippen LogP contribution >= 0.6 is 0 Å². The lowest BCUT2D eigenvalue weighted by atomic mass is 9.98. The van der Waals surface area contributed by atoms with Gasteiger partial charge in [0.2, 0.25) is 5.91 Å². The van der Waals surface area contributed by atoms with E-state index in [1.807, 2.05) is 67.6 Å². The summed E-state index contributed by atoms with van der Waals surface area (Å²) in [5.41, 5.74) is 4.27. The molecule has 0 aliphatic rings. The van der Waals surface area contributed by atoms with Crippen LogP contribution in [0.2, 0.25) is 0 Å². The molecule has 8 heteroatoms. The zero-order chi connectivity index (χ0) is 22.5. The Morgan fingerprint density at radius 3 is 2.47 bits per heavy atom. The molecule has 32 heavy (non-hydrogen) atoms. The number of hydrogen-bond acceptors (Lipinski definition) is 5. The first-order valence-corrected chi connectivity index (χ1v) is 10.6. The van der Waals surface area contributed by atoms with Crippen molar-refractivity contribution in [2.45, 2.75) is 33.2 Å². The van der Waals surface area contributed by atoms with E-state index in [2.05, 4.69) is 20.6 Å². The number of aromatic amines is 1. The second-order valence-corrected chi connectivity index (χ2v) is 7.34. The Kier molecular flexibility index (Phi) is 6.21. The van der Waals surface area contributed by atoms with Gasteiger partial charge >= 0.3 is 5.69 Å². The monoisotopic (exact) mass is 428 g/mol. The van der Waals surface area contributed by atoms with E-state index in [1.54, 1.807) is 17.7 Å². The summed E-state index contributed by atoms with van der Waals surface area (Å²) in [5, 5.41) is 14.2. The largest absolute Gasteiger partial charge is 0.335 e. The van der Waals surface area contributed by atoms with Crippen molar-refractivity contribution in [3.8, 4) is 22.5 Å². The summed E-state index contributed by atoms with van der Waals surface area (Å²) in [6.45, 7) is 4.15. The number of benzene rings is 2. The highest BCUT2D eigenvalue weighted by molar-refractivity contribution is 5.80. The fourth-order valence-corrected chi connectivity index (χ4v) is 3.56. The molecular formula is C24H24N6O2. The van der Waals surface area contributed by atoms with Gasteiger partial charge in [-0.15, -0.1) is 5.10 Å². The van der Waals surface area contributed by atoms with Crippen molar-refractivity contribution in [1.29, 1.82) is 0 Å². The third-order valence-corrected chi connectivity index (χ3v) is 5.24. The smallest absolute Gasteiger partial charge is 0.288 e. The summed E-state index contributed by atoms with van der Waals surface area (Å²) in [5.74, 6) is 0.388. The summed E-state index contributed by atoms with van der Waals surface area (Å²) in [4.78, 5) is 25.0. The van der Waals surface area contributed by atoms with Crippen molar-refractivity contribution in [3.05, 3.63) is 82.5 Å². The number of carbonyl (C=O) groups is 1. The van der Waals surface area contributed by atoms with Crippen LogP contribution in [0.3, 0.4) is 0 Å². The van der Waals surface area contributed by atoms with Crippen LogP contribution in [0.5, 0.6) is 0 Å². The fraction of sp³-hybridized carbons (Fsp3) is 0.208. The van der Waals surface area contributed by atoms with Gasteiger partial charge in [0.25, 0.3) is 0 Å². The second-order valence-electron chi connectivity index (χ2n) is 7.34. The molecule has 2 aromatic heterocycles. The normalized spacial score (nSPS) is 11.3. The van der Waals surface area contributed by atoms with Gasteiger partial charge in [0.15, 0.2) is 5.82 Å². The van der Waals surface area contributed by atoms with Crippen molar-refractivity contribution in [2.75, 3.05) is 0 Å². The van der Waals surface area contributed by atoms with Gasteiger partial charge in [-0.3, -0.25) is 9.36 Å². The number of nitrogens with zero attached hydrogens (tertiary/aromatic N) is 5. The van der Waals surface area contributed by atoms with Crippen LogP contribution in [-0.4, -0.2) is 35.7 Å². The Hall–Kier alpha value is -4.07. The van der Waals surface area contributed by atoms with Crippen molar-refractivity contribution in [1.82, 2.24) is 29.8 Å². The van der Waals surface area contributed by atoms with Gasteiger partial charge in [0.05, 0.1) is 12.2 Å². The van der Waals surface area contributed by atoms with E-state index in [0.29, 0.717) is 18.1 Å². The molecule has 4 aromatic rings. The molecule has 0 aliphatic carbocycles. The van der Waals surface area contributed by atoms with E-state index < -0.39 is 0 Å². The Morgan fingerprint density at radius 1 is 1.06 bits per heavy atom. The molecule has 0 spiro atoms. The number of carbonyl (C=O) groups excluding carboxylic acids is 1. The molecule has 0 saturated carbocycles. The lowest BCUT2D eigenvalue weighted by Gasteiger charge is -2.09. The fourth-order valence-electron chi connectivity index (χ4n) is 3.56. The molecule has 2 aromatic carbocycles. The van der Waals surface area contributed by atoms with Gasteiger partial charge in [-0.1, -0.05) is 68.5 Å². The first kappa shape index (κ1) is 21.2. The number of imidazole rings is 1.